The van der Waals surface area contributed by atoms with Crippen LogP contribution in [0.15, 0.2) is 12.1 Å². The highest BCUT2D eigenvalue weighted by atomic mass is 35.5. The van der Waals surface area contributed by atoms with Crippen LogP contribution in [0.5, 0.6) is 0 Å². The van der Waals surface area contributed by atoms with Crippen molar-refractivity contribution in [3.05, 3.63) is 28.5 Å². The van der Waals surface area contributed by atoms with Gasteiger partial charge in [-0.15, -0.1) is 0 Å². The molecule has 5 rings (SSSR count). The molecule has 4 nitrogen and oxygen atoms in total. The van der Waals surface area contributed by atoms with Gasteiger partial charge in [-0.05, 0) is 79.7 Å². The number of esters is 1. The molecule has 158 valence electrons. The lowest BCUT2D eigenvalue weighted by molar-refractivity contribution is -0.186. The number of aliphatic hydroxyl groups excluding tert-OH is 1. The second-order valence-corrected chi connectivity index (χ2v) is 11.0. The maximum atomic E-state index is 12.0. The summed E-state index contributed by atoms with van der Waals surface area (Å²) in [5.74, 6) is 1.55. The van der Waals surface area contributed by atoms with E-state index in [1.807, 2.05) is 6.07 Å². The number of hydrogen-bond donors (Lipinski definition) is 1. The van der Waals surface area contributed by atoms with E-state index in [0.717, 1.165) is 44.9 Å². The number of aliphatic hydroxyl groups is 1. The van der Waals surface area contributed by atoms with Crippen LogP contribution >= 0.6 is 11.6 Å². The van der Waals surface area contributed by atoms with Crippen molar-refractivity contribution in [2.24, 2.45) is 29.1 Å². The number of hydrogen-bond acceptors (Lipinski definition) is 4. The summed E-state index contributed by atoms with van der Waals surface area (Å²) in [6.07, 6.45) is 6.67. The molecule has 29 heavy (non-hydrogen) atoms. The molecular formula is C24H32ClNO3. The smallest absolute Gasteiger partial charge is 0.302 e. The van der Waals surface area contributed by atoms with Gasteiger partial charge in [-0.2, -0.15) is 0 Å². The zero-order chi connectivity index (χ0) is 20.6. The van der Waals surface area contributed by atoms with Gasteiger partial charge in [-0.1, -0.05) is 31.5 Å². The van der Waals surface area contributed by atoms with Crippen LogP contribution in [0.2, 0.25) is 5.15 Å². The van der Waals surface area contributed by atoms with Gasteiger partial charge in [0.05, 0.1) is 11.8 Å². The summed E-state index contributed by atoms with van der Waals surface area (Å²) < 4.78 is 6.00. The molecule has 1 N–H and O–H groups in total. The highest BCUT2D eigenvalue weighted by Gasteiger charge is 2.63. The fraction of sp³-hybridized carbons (Fsp3) is 0.750. The van der Waals surface area contributed by atoms with Gasteiger partial charge in [-0.25, -0.2) is 4.98 Å². The standard InChI is InChI=1S/C24H32ClNO3/c1-13(27)29-19-12-15-11-16(28)6-8-23(15,2)17-7-9-24(3)18(21(17)19)10-14-4-5-20(25)26-22(14)24/h4-5,15-19,21,28H,6-12H2,1-3H3/t15-,16+,17+,18+,19+,21-,23+,24+/m1/s1. The van der Waals surface area contributed by atoms with Gasteiger partial charge >= 0.3 is 5.97 Å². The van der Waals surface area contributed by atoms with Gasteiger partial charge in [0.25, 0.3) is 0 Å². The van der Waals surface area contributed by atoms with E-state index in [9.17, 15) is 9.90 Å². The summed E-state index contributed by atoms with van der Waals surface area (Å²) in [4.78, 5) is 16.8. The fourth-order valence-electron chi connectivity index (χ4n) is 7.87. The van der Waals surface area contributed by atoms with Gasteiger partial charge in [0, 0.05) is 18.3 Å². The van der Waals surface area contributed by atoms with E-state index in [1.54, 1.807) is 0 Å². The predicted octanol–water partition coefficient (Wildman–Crippen LogP) is 4.69. The van der Waals surface area contributed by atoms with Crippen LogP contribution in [-0.2, 0) is 21.4 Å². The van der Waals surface area contributed by atoms with E-state index < -0.39 is 0 Å². The van der Waals surface area contributed by atoms with E-state index in [2.05, 4.69) is 19.9 Å². The molecule has 0 bridgehead atoms. The SMILES string of the molecule is CC(=O)O[C@H]1C[C@H]2C[C@@H](O)CC[C@]2(C)[C@H]2CC[C@]3(C)c4nc(Cl)ccc4C[C@H]3[C@H]12. The minimum Gasteiger partial charge on any atom is -0.462 e. The first-order chi connectivity index (χ1) is 13.7. The van der Waals surface area contributed by atoms with E-state index in [0.29, 0.717) is 28.8 Å². The fourth-order valence-corrected chi connectivity index (χ4v) is 8.02. The molecule has 3 fully saturated rings. The maximum Gasteiger partial charge on any atom is 0.302 e. The van der Waals surface area contributed by atoms with Crippen molar-refractivity contribution in [1.82, 2.24) is 4.98 Å². The molecule has 0 aromatic carbocycles. The van der Waals surface area contributed by atoms with Gasteiger partial charge in [0.15, 0.2) is 0 Å². The van der Waals surface area contributed by atoms with Gasteiger partial charge < -0.3 is 9.84 Å². The average Bonchev–Trinajstić information content (AvgIpc) is 2.95. The summed E-state index contributed by atoms with van der Waals surface area (Å²) >= 11 is 6.27. The van der Waals surface area contributed by atoms with Crippen LogP contribution in [-0.4, -0.2) is 28.3 Å². The number of halogens is 1. The largest absolute Gasteiger partial charge is 0.462 e. The van der Waals surface area contributed by atoms with Crippen LogP contribution in [0, 0.1) is 29.1 Å². The molecule has 1 aromatic rings. The molecule has 0 radical (unpaired) electrons. The number of carbonyl (C=O) groups excluding carboxylic acids is 1. The van der Waals surface area contributed by atoms with E-state index in [-0.39, 0.29) is 29.0 Å². The number of pyridine rings is 1. The summed E-state index contributed by atoms with van der Waals surface area (Å²) in [6.45, 7) is 6.34. The van der Waals surface area contributed by atoms with Crippen molar-refractivity contribution < 1.29 is 14.6 Å². The Labute approximate surface area is 178 Å². The second-order valence-electron chi connectivity index (χ2n) is 10.6. The minimum atomic E-state index is -0.210. The number of aromatic nitrogens is 1. The van der Waals surface area contributed by atoms with Gasteiger partial charge in [0.2, 0.25) is 0 Å². The maximum absolute atomic E-state index is 12.0. The number of nitrogens with zero attached hydrogens (tertiary/aromatic N) is 1. The summed E-state index contributed by atoms with van der Waals surface area (Å²) in [5, 5.41) is 10.9. The average molecular weight is 418 g/mol. The molecule has 4 aliphatic rings. The second kappa shape index (κ2) is 6.68. The Morgan fingerprint density at radius 3 is 2.76 bits per heavy atom. The highest BCUT2D eigenvalue weighted by molar-refractivity contribution is 6.29. The molecule has 1 aromatic heterocycles. The van der Waals surface area contributed by atoms with Crippen molar-refractivity contribution in [3.63, 3.8) is 0 Å². The number of fused-ring (bicyclic) bond motifs is 7. The lowest BCUT2D eigenvalue weighted by Crippen LogP contribution is -2.59. The molecule has 0 amide bonds. The molecule has 0 aliphatic heterocycles. The van der Waals surface area contributed by atoms with Crippen molar-refractivity contribution in [2.75, 3.05) is 0 Å². The number of carbonyl (C=O) groups is 1. The van der Waals surface area contributed by atoms with E-state index in [1.165, 1.54) is 18.2 Å². The van der Waals surface area contributed by atoms with Crippen LogP contribution in [0.4, 0.5) is 0 Å². The molecule has 0 saturated heterocycles. The van der Waals surface area contributed by atoms with Crippen LogP contribution in [0.1, 0.15) is 70.6 Å². The van der Waals surface area contributed by atoms with Crippen molar-refractivity contribution in [2.45, 2.75) is 83.3 Å². The topological polar surface area (TPSA) is 59.4 Å². The Balaban J connectivity index is 1.56. The monoisotopic (exact) mass is 417 g/mol. The molecular weight excluding hydrogens is 386 g/mol. The van der Waals surface area contributed by atoms with Crippen molar-refractivity contribution in [1.29, 1.82) is 0 Å². The van der Waals surface area contributed by atoms with Crippen molar-refractivity contribution >= 4 is 17.6 Å². The Kier molecular flexibility index (Phi) is 4.57. The Hall–Kier alpha value is -1.13. The quantitative estimate of drug-likeness (QED) is 0.531. The highest BCUT2D eigenvalue weighted by Crippen LogP contribution is 2.65. The zero-order valence-corrected chi connectivity index (χ0v) is 18.4. The molecule has 0 spiro atoms. The van der Waals surface area contributed by atoms with Crippen molar-refractivity contribution in [3.8, 4) is 0 Å². The molecule has 4 aliphatic carbocycles. The first-order valence-electron chi connectivity index (χ1n) is 11.2. The van der Waals surface area contributed by atoms with Crippen LogP contribution in [0.25, 0.3) is 0 Å². The van der Waals surface area contributed by atoms with Gasteiger partial charge in [-0.3, -0.25) is 4.79 Å². The molecule has 3 saturated carbocycles. The van der Waals surface area contributed by atoms with Gasteiger partial charge in [0.1, 0.15) is 11.3 Å². The molecule has 8 atom stereocenters. The zero-order valence-electron chi connectivity index (χ0n) is 17.7. The first-order valence-corrected chi connectivity index (χ1v) is 11.6. The normalized spacial score (nSPS) is 45.6. The molecule has 1 heterocycles. The molecule has 5 heteroatoms. The third kappa shape index (κ3) is 2.89. The summed E-state index contributed by atoms with van der Waals surface area (Å²) in [7, 11) is 0. The Morgan fingerprint density at radius 2 is 2.00 bits per heavy atom. The van der Waals surface area contributed by atoms with Crippen LogP contribution in [0.3, 0.4) is 0 Å². The predicted molar refractivity (Wildman–Crippen MR) is 112 cm³/mol. The Bertz CT molecular complexity index is 843. The lowest BCUT2D eigenvalue weighted by Gasteiger charge is -2.61. The summed E-state index contributed by atoms with van der Waals surface area (Å²) in [6, 6.07) is 4.05. The molecule has 0 unspecified atom stereocenters. The third-order valence-corrected chi connectivity index (χ3v) is 9.47. The lowest BCUT2D eigenvalue weighted by atomic mass is 9.44. The number of rotatable bonds is 1. The summed E-state index contributed by atoms with van der Waals surface area (Å²) in [5.41, 5.74) is 2.70. The van der Waals surface area contributed by atoms with E-state index >= 15 is 0 Å². The first kappa shape index (κ1) is 19.8. The minimum absolute atomic E-state index is 0.00280. The Morgan fingerprint density at radius 1 is 1.21 bits per heavy atom. The van der Waals surface area contributed by atoms with E-state index in [4.69, 9.17) is 21.3 Å². The third-order valence-electron chi connectivity index (χ3n) is 9.26. The number of ether oxygens (including phenoxy) is 1. The van der Waals surface area contributed by atoms with Crippen LogP contribution < -0.4 is 0 Å².